The molecule has 0 aliphatic carbocycles. The summed E-state index contributed by atoms with van der Waals surface area (Å²) >= 11 is 0. The molecule has 0 radical (unpaired) electrons. The zero-order valence-corrected chi connectivity index (χ0v) is 14.5. The number of nitrogens with one attached hydrogen (secondary N) is 1. The van der Waals surface area contributed by atoms with Crippen LogP contribution < -0.4 is 5.32 Å². The van der Waals surface area contributed by atoms with Crippen molar-refractivity contribution in [3.05, 3.63) is 35.4 Å². The fourth-order valence-corrected chi connectivity index (χ4v) is 2.34. The highest BCUT2D eigenvalue weighted by atomic mass is 16.2. The summed E-state index contributed by atoms with van der Waals surface area (Å²) in [6.45, 7) is 7.76. The summed E-state index contributed by atoms with van der Waals surface area (Å²) in [5.41, 5.74) is 1.44. The summed E-state index contributed by atoms with van der Waals surface area (Å²) in [4.78, 5) is 26.6. The highest BCUT2D eigenvalue weighted by molar-refractivity contribution is 5.98. The molecule has 0 saturated heterocycles. The van der Waals surface area contributed by atoms with E-state index in [1.165, 1.54) is 4.90 Å². The van der Waals surface area contributed by atoms with Crippen molar-refractivity contribution in [1.82, 2.24) is 10.2 Å². The Morgan fingerprint density at radius 3 is 2.39 bits per heavy atom. The van der Waals surface area contributed by atoms with Crippen LogP contribution in [-0.2, 0) is 4.79 Å². The monoisotopic (exact) mass is 315 g/mol. The van der Waals surface area contributed by atoms with E-state index in [2.05, 4.69) is 11.4 Å². The van der Waals surface area contributed by atoms with Gasteiger partial charge in [0.25, 0.3) is 5.91 Å². The van der Waals surface area contributed by atoms with Crippen LogP contribution in [0.5, 0.6) is 0 Å². The van der Waals surface area contributed by atoms with Crippen LogP contribution in [0.2, 0.25) is 0 Å². The van der Waals surface area contributed by atoms with Gasteiger partial charge in [0.05, 0.1) is 12.0 Å². The van der Waals surface area contributed by atoms with Crippen LogP contribution >= 0.6 is 0 Å². The first-order valence-corrected chi connectivity index (χ1v) is 7.79. The zero-order valence-electron chi connectivity index (χ0n) is 14.5. The molecule has 0 aliphatic rings. The van der Waals surface area contributed by atoms with Crippen LogP contribution in [-0.4, -0.2) is 36.3 Å². The highest BCUT2D eigenvalue weighted by Crippen LogP contribution is 2.11. The van der Waals surface area contributed by atoms with Gasteiger partial charge in [-0.2, -0.15) is 5.26 Å². The number of likely N-dealkylation sites (N-methyl/N-ethyl adjacent to an activating group) is 1. The van der Waals surface area contributed by atoms with Crippen LogP contribution in [0.15, 0.2) is 24.3 Å². The van der Waals surface area contributed by atoms with E-state index in [0.29, 0.717) is 12.1 Å². The number of amides is 2. The lowest BCUT2D eigenvalue weighted by molar-refractivity contribution is -0.133. The number of aryl methyl sites for hydroxylation is 1. The second-order valence-electron chi connectivity index (χ2n) is 6.26. The summed E-state index contributed by atoms with van der Waals surface area (Å²) in [5, 5.41) is 11.7. The van der Waals surface area contributed by atoms with E-state index in [9.17, 15) is 9.59 Å². The second-order valence-corrected chi connectivity index (χ2v) is 6.26. The zero-order chi connectivity index (χ0) is 17.6. The first-order chi connectivity index (χ1) is 10.8. The predicted molar refractivity (Wildman–Crippen MR) is 89.7 cm³/mol. The molecular weight excluding hydrogens is 290 g/mol. The van der Waals surface area contributed by atoms with Gasteiger partial charge in [0.15, 0.2) is 0 Å². The molecule has 1 aromatic carbocycles. The summed E-state index contributed by atoms with van der Waals surface area (Å²) in [5.74, 6) is -0.722. The minimum atomic E-state index is -0.613. The number of benzene rings is 1. The first kappa shape index (κ1) is 18.7. The Labute approximate surface area is 138 Å². The van der Waals surface area contributed by atoms with Crippen LogP contribution in [0.1, 0.15) is 36.7 Å². The van der Waals surface area contributed by atoms with Gasteiger partial charge in [-0.05, 0) is 31.4 Å². The van der Waals surface area contributed by atoms with E-state index in [1.807, 2.05) is 32.9 Å². The molecule has 2 atom stereocenters. The molecule has 2 amide bonds. The molecule has 0 aliphatic heterocycles. The second kappa shape index (κ2) is 8.33. The SMILES string of the molecule is Cc1ccccc1C(=O)N[C@@H](C(=O)N(C)C[C@H](C)C#N)C(C)C. The molecule has 0 heterocycles. The van der Waals surface area contributed by atoms with Gasteiger partial charge in [0.2, 0.25) is 5.91 Å². The van der Waals surface area contributed by atoms with Crippen LogP contribution in [0.4, 0.5) is 0 Å². The maximum Gasteiger partial charge on any atom is 0.252 e. The molecule has 0 saturated carbocycles. The highest BCUT2D eigenvalue weighted by Gasteiger charge is 2.28. The van der Waals surface area contributed by atoms with Crippen LogP contribution in [0.3, 0.4) is 0 Å². The Balaban J connectivity index is 2.87. The molecule has 0 unspecified atom stereocenters. The molecule has 1 N–H and O–H groups in total. The lowest BCUT2D eigenvalue weighted by Gasteiger charge is -2.27. The average molecular weight is 315 g/mol. The first-order valence-electron chi connectivity index (χ1n) is 7.79. The molecule has 0 fully saturated rings. The summed E-state index contributed by atoms with van der Waals surface area (Å²) in [6, 6.07) is 8.78. The standard InChI is InChI=1S/C18H25N3O2/c1-12(2)16(18(23)21(5)11-13(3)10-19)20-17(22)15-9-7-6-8-14(15)4/h6-9,12-13,16H,11H2,1-5H3,(H,20,22)/t13-,16-/m1/s1. The maximum absolute atomic E-state index is 12.6. The largest absolute Gasteiger partial charge is 0.343 e. The minimum absolute atomic E-state index is 0.0460. The number of hydrogen-bond acceptors (Lipinski definition) is 3. The lowest BCUT2D eigenvalue weighted by atomic mass is 10.0. The van der Waals surface area contributed by atoms with Gasteiger partial charge in [-0.25, -0.2) is 0 Å². The molecule has 1 aromatic rings. The number of carbonyl (C=O) groups excluding carboxylic acids is 2. The molecule has 5 nitrogen and oxygen atoms in total. The molecule has 0 aromatic heterocycles. The topological polar surface area (TPSA) is 73.2 Å². The van der Waals surface area contributed by atoms with E-state index in [1.54, 1.807) is 26.1 Å². The third-order valence-electron chi connectivity index (χ3n) is 3.75. The van der Waals surface area contributed by atoms with Crippen LogP contribution in [0, 0.1) is 30.1 Å². The van der Waals surface area contributed by atoms with Crippen molar-refractivity contribution in [3.63, 3.8) is 0 Å². The third-order valence-corrected chi connectivity index (χ3v) is 3.75. The average Bonchev–Trinajstić information content (AvgIpc) is 2.51. The molecular formula is C18H25N3O2. The molecule has 23 heavy (non-hydrogen) atoms. The fourth-order valence-electron chi connectivity index (χ4n) is 2.34. The number of nitrogens with zero attached hydrogens (tertiary/aromatic N) is 2. The molecule has 1 rings (SSSR count). The molecule has 0 spiro atoms. The Bertz CT molecular complexity index is 605. The number of hydrogen-bond donors (Lipinski definition) is 1. The molecule has 124 valence electrons. The van der Waals surface area contributed by atoms with Crippen molar-refractivity contribution in [3.8, 4) is 6.07 Å². The van der Waals surface area contributed by atoms with Gasteiger partial charge < -0.3 is 10.2 Å². The number of rotatable bonds is 6. The normalized spacial score (nSPS) is 13.1. The summed E-state index contributed by atoms with van der Waals surface area (Å²) in [7, 11) is 1.66. The maximum atomic E-state index is 12.6. The predicted octanol–water partition coefficient (Wildman–Crippen LogP) is 2.37. The van der Waals surface area contributed by atoms with Crippen molar-refractivity contribution in [1.29, 1.82) is 5.26 Å². The van der Waals surface area contributed by atoms with Gasteiger partial charge in [0, 0.05) is 19.2 Å². The van der Waals surface area contributed by atoms with Gasteiger partial charge in [-0.15, -0.1) is 0 Å². The summed E-state index contributed by atoms with van der Waals surface area (Å²) in [6.07, 6.45) is 0. The minimum Gasteiger partial charge on any atom is -0.343 e. The van der Waals surface area contributed by atoms with Crippen LogP contribution in [0.25, 0.3) is 0 Å². The van der Waals surface area contributed by atoms with Gasteiger partial charge >= 0.3 is 0 Å². The third kappa shape index (κ3) is 5.10. The fraction of sp³-hybridized carbons (Fsp3) is 0.500. The number of carbonyl (C=O) groups is 2. The van der Waals surface area contributed by atoms with Gasteiger partial charge in [-0.3, -0.25) is 9.59 Å². The van der Waals surface area contributed by atoms with E-state index in [4.69, 9.17) is 5.26 Å². The van der Waals surface area contributed by atoms with Gasteiger partial charge in [-0.1, -0.05) is 32.0 Å². The Morgan fingerprint density at radius 2 is 1.87 bits per heavy atom. The van der Waals surface area contributed by atoms with Gasteiger partial charge in [0.1, 0.15) is 6.04 Å². The van der Waals surface area contributed by atoms with Crippen molar-refractivity contribution >= 4 is 11.8 Å². The molecule has 0 bridgehead atoms. The quantitative estimate of drug-likeness (QED) is 0.876. The Kier molecular flexibility index (Phi) is 6.77. The van der Waals surface area contributed by atoms with Crippen molar-refractivity contribution in [2.75, 3.05) is 13.6 Å². The summed E-state index contributed by atoms with van der Waals surface area (Å²) < 4.78 is 0. The van der Waals surface area contributed by atoms with Crippen molar-refractivity contribution in [2.24, 2.45) is 11.8 Å². The lowest BCUT2D eigenvalue weighted by Crippen LogP contribution is -2.51. The van der Waals surface area contributed by atoms with Crippen molar-refractivity contribution < 1.29 is 9.59 Å². The van der Waals surface area contributed by atoms with E-state index in [0.717, 1.165) is 5.56 Å². The smallest absolute Gasteiger partial charge is 0.252 e. The van der Waals surface area contributed by atoms with E-state index >= 15 is 0 Å². The van der Waals surface area contributed by atoms with E-state index in [-0.39, 0.29) is 23.7 Å². The van der Waals surface area contributed by atoms with Crippen molar-refractivity contribution in [2.45, 2.75) is 33.7 Å². The Morgan fingerprint density at radius 1 is 1.26 bits per heavy atom. The molecule has 5 heteroatoms. The Hall–Kier alpha value is -2.35. The number of nitriles is 1. The van der Waals surface area contributed by atoms with E-state index < -0.39 is 6.04 Å².